The summed E-state index contributed by atoms with van der Waals surface area (Å²) < 4.78 is 11.2. The Kier molecular flexibility index (Phi) is 3.75. The maximum absolute atomic E-state index is 6.27. The topological polar surface area (TPSA) is 61.3 Å². The van der Waals surface area contributed by atoms with Gasteiger partial charge in [0.1, 0.15) is 5.52 Å². The van der Waals surface area contributed by atoms with E-state index in [4.69, 9.17) is 14.9 Å². The van der Waals surface area contributed by atoms with E-state index in [9.17, 15) is 0 Å². The van der Waals surface area contributed by atoms with E-state index in [-0.39, 0.29) is 0 Å². The van der Waals surface area contributed by atoms with Crippen LogP contribution >= 0.6 is 0 Å². The van der Waals surface area contributed by atoms with Crippen LogP contribution < -0.4 is 5.73 Å². The van der Waals surface area contributed by atoms with Crippen molar-refractivity contribution in [3.63, 3.8) is 0 Å². The Hall–Kier alpha value is -2.33. The minimum Gasteiger partial charge on any atom is -0.436 e. The van der Waals surface area contributed by atoms with Gasteiger partial charge >= 0.3 is 0 Å². The highest BCUT2D eigenvalue weighted by Crippen LogP contribution is 2.29. The number of ether oxygens (including phenoxy) is 1. The van der Waals surface area contributed by atoms with E-state index in [0.29, 0.717) is 11.8 Å². The summed E-state index contributed by atoms with van der Waals surface area (Å²) in [5.41, 5.74) is 10.9. The van der Waals surface area contributed by atoms with Crippen molar-refractivity contribution in [1.82, 2.24) is 4.98 Å². The Morgan fingerprint density at radius 1 is 1.09 bits per heavy atom. The number of hydrogen-bond donors (Lipinski definition) is 1. The van der Waals surface area contributed by atoms with Crippen LogP contribution in [0.3, 0.4) is 0 Å². The van der Waals surface area contributed by atoms with Gasteiger partial charge in [-0.25, -0.2) is 4.98 Å². The fourth-order valence-corrected chi connectivity index (χ4v) is 3.17. The lowest BCUT2D eigenvalue weighted by atomic mass is 9.91. The summed E-state index contributed by atoms with van der Waals surface area (Å²) in [5.74, 6) is 1.29. The lowest BCUT2D eigenvalue weighted by molar-refractivity contribution is 0.0666. The van der Waals surface area contributed by atoms with Crippen molar-refractivity contribution < 1.29 is 9.15 Å². The van der Waals surface area contributed by atoms with Crippen molar-refractivity contribution in [3.8, 4) is 11.5 Å². The Bertz CT molecular complexity index is 786. The fraction of sp³-hybridized carbons (Fsp3) is 0.316. The zero-order chi connectivity index (χ0) is 15.6. The molecule has 2 heterocycles. The van der Waals surface area contributed by atoms with E-state index in [1.807, 2.05) is 30.3 Å². The highest BCUT2D eigenvalue weighted by molar-refractivity contribution is 5.76. The predicted molar refractivity (Wildman–Crippen MR) is 91.1 cm³/mol. The van der Waals surface area contributed by atoms with Crippen molar-refractivity contribution in [1.29, 1.82) is 0 Å². The van der Waals surface area contributed by atoms with Crippen LogP contribution in [0.2, 0.25) is 0 Å². The highest BCUT2D eigenvalue weighted by Gasteiger charge is 2.16. The molecule has 4 nitrogen and oxygen atoms in total. The molecule has 1 aliphatic heterocycles. The van der Waals surface area contributed by atoms with Gasteiger partial charge in [-0.15, -0.1) is 0 Å². The Labute approximate surface area is 135 Å². The van der Waals surface area contributed by atoms with Crippen LogP contribution in [0, 0.1) is 5.92 Å². The van der Waals surface area contributed by atoms with E-state index >= 15 is 0 Å². The molecule has 4 heteroatoms. The molecule has 1 aliphatic rings. The molecule has 0 aliphatic carbocycles. The fourth-order valence-electron chi connectivity index (χ4n) is 3.17. The summed E-state index contributed by atoms with van der Waals surface area (Å²) in [6.45, 7) is 1.73. The normalized spacial score (nSPS) is 16.0. The van der Waals surface area contributed by atoms with Crippen LogP contribution in [0.5, 0.6) is 0 Å². The number of fused-ring (bicyclic) bond motifs is 1. The van der Waals surface area contributed by atoms with E-state index < -0.39 is 0 Å². The molecule has 0 bridgehead atoms. The summed E-state index contributed by atoms with van der Waals surface area (Å²) in [6, 6.07) is 13.9. The lowest BCUT2D eigenvalue weighted by Crippen LogP contribution is -2.18. The monoisotopic (exact) mass is 308 g/mol. The minimum absolute atomic E-state index is 0.621. The second kappa shape index (κ2) is 6.05. The van der Waals surface area contributed by atoms with Crippen molar-refractivity contribution >= 4 is 16.8 Å². The average molecular weight is 308 g/mol. The summed E-state index contributed by atoms with van der Waals surface area (Å²) in [7, 11) is 0. The Morgan fingerprint density at radius 3 is 2.70 bits per heavy atom. The van der Waals surface area contributed by atoms with Crippen LogP contribution in [-0.2, 0) is 11.2 Å². The molecule has 1 aromatic heterocycles. The summed E-state index contributed by atoms with van der Waals surface area (Å²) in [6.07, 6.45) is 3.25. The van der Waals surface area contributed by atoms with Crippen molar-refractivity contribution in [2.24, 2.45) is 5.92 Å². The number of nitrogens with zero attached hydrogens (tertiary/aromatic N) is 1. The first kappa shape index (κ1) is 14.3. The molecule has 118 valence electrons. The average Bonchev–Trinajstić information content (AvgIpc) is 3.02. The van der Waals surface area contributed by atoms with Crippen LogP contribution in [-0.4, -0.2) is 18.2 Å². The molecule has 23 heavy (non-hydrogen) atoms. The second-order valence-electron chi connectivity index (χ2n) is 6.16. The molecule has 2 aromatic carbocycles. The van der Waals surface area contributed by atoms with E-state index in [0.717, 1.165) is 54.8 Å². The molecule has 3 aromatic rings. The summed E-state index contributed by atoms with van der Waals surface area (Å²) >= 11 is 0. The van der Waals surface area contributed by atoms with Crippen LogP contribution in [0.15, 0.2) is 46.9 Å². The molecule has 0 spiro atoms. The summed E-state index contributed by atoms with van der Waals surface area (Å²) in [5, 5.41) is 0. The van der Waals surface area contributed by atoms with Crippen LogP contribution in [0.25, 0.3) is 22.6 Å². The van der Waals surface area contributed by atoms with Crippen LogP contribution in [0.4, 0.5) is 5.69 Å². The van der Waals surface area contributed by atoms with Gasteiger partial charge in [-0.3, -0.25) is 0 Å². The largest absolute Gasteiger partial charge is 0.436 e. The number of nitrogens with two attached hydrogens (primary N) is 1. The predicted octanol–water partition coefficient (Wildman–Crippen LogP) is 4.05. The first-order valence-corrected chi connectivity index (χ1v) is 8.12. The lowest BCUT2D eigenvalue weighted by Gasteiger charge is -2.22. The van der Waals surface area contributed by atoms with Gasteiger partial charge < -0.3 is 14.9 Å². The maximum atomic E-state index is 6.27. The first-order chi connectivity index (χ1) is 11.3. The van der Waals surface area contributed by atoms with Gasteiger partial charge in [0.15, 0.2) is 5.58 Å². The van der Waals surface area contributed by atoms with Crippen LogP contribution in [0.1, 0.15) is 18.4 Å². The van der Waals surface area contributed by atoms with E-state index in [1.165, 1.54) is 5.56 Å². The Balaban J connectivity index is 1.59. The number of nitrogen functional groups attached to an aromatic ring is 1. The molecule has 2 N–H and O–H groups in total. The number of oxazole rings is 1. The first-order valence-electron chi connectivity index (χ1n) is 8.12. The van der Waals surface area contributed by atoms with Gasteiger partial charge in [0, 0.05) is 24.5 Å². The molecule has 0 unspecified atom stereocenters. The van der Waals surface area contributed by atoms with Gasteiger partial charge in [0.05, 0.1) is 0 Å². The standard InChI is InChI=1S/C19H20N2O2/c20-16-12-15(19-21-17-3-1-2-4-18(17)23-19)6-5-14(16)11-13-7-9-22-10-8-13/h1-6,12-13H,7-11,20H2. The molecular weight excluding hydrogens is 288 g/mol. The van der Waals surface area contributed by atoms with E-state index in [1.54, 1.807) is 0 Å². The second-order valence-corrected chi connectivity index (χ2v) is 6.16. The molecule has 0 atom stereocenters. The number of para-hydroxylation sites is 2. The maximum Gasteiger partial charge on any atom is 0.227 e. The van der Waals surface area contributed by atoms with Crippen molar-refractivity contribution in [2.75, 3.05) is 18.9 Å². The molecule has 1 fully saturated rings. The zero-order valence-electron chi connectivity index (χ0n) is 13.0. The quantitative estimate of drug-likeness (QED) is 0.742. The molecule has 4 rings (SSSR count). The summed E-state index contributed by atoms with van der Waals surface area (Å²) in [4.78, 5) is 4.53. The number of aromatic nitrogens is 1. The minimum atomic E-state index is 0.621. The SMILES string of the molecule is Nc1cc(-c2nc3ccccc3o2)ccc1CC1CCOCC1. The molecule has 0 radical (unpaired) electrons. The Morgan fingerprint density at radius 2 is 1.91 bits per heavy atom. The molecular formula is C19H20N2O2. The van der Waals surface area contributed by atoms with Gasteiger partial charge in [0.25, 0.3) is 0 Å². The smallest absolute Gasteiger partial charge is 0.227 e. The van der Waals surface area contributed by atoms with Crippen molar-refractivity contribution in [2.45, 2.75) is 19.3 Å². The third-order valence-electron chi connectivity index (χ3n) is 4.54. The molecule has 1 saturated heterocycles. The van der Waals surface area contributed by atoms with E-state index in [2.05, 4.69) is 17.1 Å². The zero-order valence-corrected chi connectivity index (χ0v) is 13.0. The highest BCUT2D eigenvalue weighted by atomic mass is 16.5. The van der Waals surface area contributed by atoms with Gasteiger partial charge in [-0.1, -0.05) is 18.2 Å². The van der Waals surface area contributed by atoms with Gasteiger partial charge in [-0.05, 0) is 55.0 Å². The third kappa shape index (κ3) is 2.94. The van der Waals surface area contributed by atoms with Crippen molar-refractivity contribution in [3.05, 3.63) is 48.0 Å². The number of anilines is 1. The number of hydrogen-bond acceptors (Lipinski definition) is 4. The number of rotatable bonds is 3. The number of benzene rings is 2. The molecule has 0 saturated carbocycles. The third-order valence-corrected chi connectivity index (χ3v) is 4.54. The molecule has 0 amide bonds. The van der Waals surface area contributed by atoms with Gasteiger partial charge in [-0.2, -0.15) is 0 Å². The van der Waals surface area contributed by atoms with Gasteiger partial charge in [0.2, 0.25) is 5.89 Å².